The fourth-order valence-corrected chi connectivity index (χ4v) is 4.72. The summed E-state index contributed by atoms with van der Waals surface area (Å²) in [6, 6.07) is 0.709. The van der Waals surface area contributed by atoms with E-state index in [4.69, 9.17) is 4.74 Å². The molecule has 2 nitrogen and oxygen atoms in total. The normalized spacial score (nSPS) is 33.1. The van der Waals surface area contributed by atoms with E-state index in [0.717, 1.165) is 6.61 Å². The Hall–Kier alpha value is -0.0800. The smallest absolute Gasteiger partial charge is 0.0697 e. The van der Waals surface area contributed by atoms with Crippen LogP contribution in [0.1, 0.15) is 84.0 Å². The Bertz CT molecular complexity index is 297. The molecule has 116 valence electrons. The summed E-state index contributed by atoms with van der Waals surface area (Å²) < 4.78 is 6.21. The van der Waals surface area contributed by atoms with Gasteiger partial charge in [-0.15, -0.1) is 0 Å². The molecule has 1 saturated heterocycles. The van der Waals surface area contributed by atoms with Crippen LogP contribution in [0.3, 0.4) is 0 Å². The van der Waals surface area contributed by atoms with Crippen molar-refractivity contribution < 1.29 is 4.74 Å². The van der Waals surface area contributed by atoms with Crippen molar-refractivity contribution in [3.8, 4) is 0 Å². The van der Waals surface area contributed by atoms with Crippen LogP contribution in [-0.4, -0.2) is 24.8 Å². The van der Waals surface area contributed by atoms with E-state index >= 15 is 0 Å². The Kier molecular flexibility index (Phi) is 4.72. The molecule has 1 aliphatic heterocycles. The maximum absolute atomic E-state index is 6.21. The summed E-state index contributed by atoms with van der Waals surface area (Å²) in [7, 11) is 0. The summed E-state index contributed by atoms with van der Waals surface area (Å²) in [5.74, 6) is 0. The van der Waals surface area contributed by atoms with Crippen molar-refractivity contribution in [2.75, 3.05) is 13.2 Å². The van der Waals surface area contributed by atoms with Gasteiger partial charge in [0.05, 0.1) is 5.60 Å². The van der Waals surface area contributed by atoms with Gasteiger partial charge in [0.1, 0.15) is 0 Å². The minimum atomic E-state index is 0.252. The first-order valence-corrected chi connectivity index (χ1v) is 9.07. The molecule has 1 unspecified atom stereocenters. The molecule has 0 aromatic carbocycles. The van der Waals surface area contributed by atoms with Crippen molar-refractivity contribution in [3.05, 3.63) is 0 Å². The second kappa shape index (κ2) is 6.36. The molecule has 3 aliphatic rings. The van der Waals surface area contributed by atoms with E-state index < -0.39 is 0 Å². The Morgan fingerprint density at radius 2 is 1.60 bits per heavy atom. The number of hydrogen-bond acceptors (Lipinski definition) is 2. The maximum Gasteiger partial charge on any atom is 0.0697 e. The molecule has 3 fully saturated rings. The molecule has 0 amide bonds. The zero-order valence-corrected chi connectivity index (χ0v) is 13.4. The molecule has 1 N–H and O–H groups in total. The Labute approximate surface area is 125 Å². The van der Waals surface area contributed by atoms with E-state index in [2.05, 4.69) is 12.2 Å². The molecule has 1 atom stereocenters. The number of nitrogens with one attached hydrogen (secondary N) is 1. The summed E-state index contributed by atoms with van der Waals surface area (Å²) in [5.41, 5.74) is 0.817. The minimum absolute atomic E-state index is 0.252. The van der Waals surface area contributed by atoms with Crippen molar-refractivity contribution in [3.63, 3.8) is 0 Å². The highest BCUT2D eigenvalue weighted by Gasteiger charge is 2.39. The van der Waals surface area contributed by atoms with Crippen molar-refractivity contribution in [1.29, 1.82) is 0 Å². The second-order valence-corrected chi connectivity index (χ2v) is 8.03. The molecular formula is C18H33NO. The standard InChI is InChI=1S/C18H33NO/c1-17(9-4-2-5-10-17)15-19-16-8-13-20-18(14-16)11-6-3-7-12-18/h16,19H,2-15H2,1H3. The highest BCUT2D eigenvalue weighted by molar-refractivity contribution is 4.93. The average molecular weight is 279 g/mol. The molecule has 3 rings (SSSR count). The zero-order valence-electron chi connectivity index (χ0n) is 13.4. The molecule has 2 saturated carbocycles. The van der Waals surface area contributed by atoms with Gasteiger partial charge < -0.3 is 10.1 Å². The van der Waals surface area contributed by atoms with Gasteiger partial charge in [-0.05, 0) is 43.9 Å². The first-order valence-electron chi connectivity index (χ1n) is 9.07. The van der Waals surface area contributed by atoms with Crippen LogP contribution in [0.2, 0.25) is 0 Å². The van der Waals surface area contributed by atoms with Crippen molar-refractivity contribution in [2.24, 2.45) is 5.41 Å². The van der Waals surface area contributed by atoms with Crippen molar-refractivity contribution in [1.82, 2.24) is 5.32 Å². The van der Waals surface area contributed by atoms with Crippen LogP contribution in [0.25, 0.3) is 0 Å². The second-order valence-electron chi connectivity index (χ2n) is 8.03. The highest BCUT2D eigenvalue weighted by Crippen LogP contribution is 2.39. The molecule has 20 heavy (non-hydrogen) atoms. The van der Waals surface area contributed by atoms with Gasteiger partial charge in [0.2, 0.25) is 0 Å². The summed E-state index contributed by atoms with van der Waals surface area (Å²) in [6.07, 6.45) is 16.5. The van der Waals surface area contributed by atoms with E-state index in [0.29, 0.717) is 11.5 Å². The van der Waals surface area contributed by atoms with Gasteiger partial charge in [0, 0.05) is 19.2 Å². The largest absolute Gasteiger partial charge is 0.375 e. The summed E-state index contributed by atoms with van der Waals surface area (Å²) in [5, 5.41) is 3.92. The van der Waals surface area contributed by atoms with Crippen molar-refractivity contribution >= 4 is 0 Å². The lowest BCUT2D eigenvalue weighted by molar-refractivity contribution is -0.109. The van der Waals surface area contributed by atoms with E-state index in [-0.39, 0.29) is 5.60 Å². The van der Waals surface area contributed by atoms with Crippen LogP contribution in [0.4, 0.5) is 0 Å². The van der Waals surface area contributed by atoms with Crippen LogP contribution in [0, 0.1) is 5.41 Å². The fourth-order valence-electron chi connectivity index (χ4n) is 4.72. The third-order valence-corrected chi connectivity index (χ3v) is 6.14. The average Bonchev–Trinajstić information content (AvgIpc) is 2.47. The summed E-state index contributed by atoms with van der Waals surface area (Å²) in [6.45, 7) is 4.71. The van der Waals surface area contributed by atoms with Gasteiger partial charge in [-0.3, -0.25) is 0 Å². The lowest BCUT2D eigenvalue weighted by atomic mass is 9.75. The number of hydrogen-bond donors (Lipinski definition) is 1. The summed E-state index contributed by atoms with van der Waals surface area (Å²) in [4.78, 5) is 0. The van der Waals surface area contributed by atoms with E-state index in [1.54, 1.807) is 0 Å². The SMILES string of the molecule is CC1(CNC2CCOC3(CCCCC3)C2)CCCCC1. The predicted molar refractivity (Wildman–Crippen MR) is 84.0 cm³/mol. The fraction of sp³-hybridized carbons (Fsp3) is 1.00. The number of ether oxygens (including phenoxy) is 1. The summed E-state index contributed by atoms with van der Waals surface area (Å²) >= 11 is 0. The van der Waals surface area contributed by atoms with Gasteiger partial charge in [0.25, 0.3) is 0 Å². The highest BCUT2D eigenvalue weighted by atomic mass is 16.5. The van der Waals surface area contributed by atoms with Gasteiger partial charge >= 0.3 is 0 Å². The van der Waals surface area contributed by atoms with Crippen LogP contribution in [-0.2, 0) is 4.74 Å². The van der Waals surface area contributed by atoms with Crippen molar-refractivity contribution in [2.45, 2.75) is 95.6 Å². The first-order chi connectivity index (χ1) is 9.70. The van der Waals surface area contributed by atoms with Gasteiger partial charge in [-0.2, -0.15) is 0 Å². The van der Waals surface area contributed by atoms with Crippen LogP contribution >= 0.6 is 0 Å². The molecular weight excluding hydrogens is 246 g/mol. The quantitative estimate of drug-likeness (QED) is 0.825. The number of rotatable bonds is 3. The topological polar surface area (TPSA) is 21.3 Å². The zero-order chi connectivity index (χ0) is 13.9. The van der Waals surface area contributed by atoms with Gasteiger partial charge in [-0.1, -0.05) is 45.4 Å². The molecule has 0 aromatic heterocycles. The molecule has 2 aliphatic carbocycles. The van der Waals surface area contributed by atoms with Crippen LogP contribution in [0.15, 0.2) is 0 Å². The van der Waals surface area contributed by atoms with Gasteiger partial charge in [-0.25, -0.2) is 0 Å². The molecule has 1 heterocycles. The lowest BCUT2D eigenvalue weighted by Gasteiger charge is -2.45. The van der Waals surface area contributed by atoms with E-state index in [1.165, 1.54) is 83.6 Å². The molecule has 1 spiro atoms. The lowest BCUT2D eigenvalue weighted by Crippen LogP contribution is -2.50. The van der Waals surface area contributed by atoms with Crippen LogP contribution < -0.4 is 5.32 Å². The molecule has 0 radical (unpaired) electrons. The first kappa shape index (κ1) is 14.8. The molecule has 0 bridgehead atoms. The third-order valence-electron chi connectivity index (χ3n) is 6.14. The van der Waals surface area contributed by atoms with Crippen LogP contribution in [0.5, 0.6) is 0 Å². The van der Waals surface area contributed by atoms with E-state index in [1.807, 2.05) is 0 Å². The van der Waals surface area contributed by atoms with Gasteiger partial charge in [0.15, 0.2) is 0 Å². The Morgan fingerprint density at radius 3 is 2.30 bits per heavy atom. The predicted octanol–water partition coefficient (Wildman–Crippen LogP) is 4.43. The Balaban J connectivity index is 1.49. The molecule has 2 heteroatoms. The monoisotopic (exact) mass is 279 g/mol. The van der Waals surface area contributed by atoms with E-state index in [9.17, 15) is 0 Å². The molecule has 0 aromatic rings. The third kappa shape index (κ3) is 3.57. The minimum Gasteiger partial charge on any atom is -0.375 e. The Morgan fingerprint density at radius 1 is 0.950 bits per heavy atom. The maximum atomic E-state index is 6.21.